The Bertz CT molecular complexity index is 1100. The first-order valence-electron chi connectivity index (χ1n) is 10.5. The molecule has 164 valence electrons. The third-order valence-corrected chi connectivity index (χ3v) is 8.50. The molecule has 4 heterocycles. The van der Waals surface area contributed by atoms with Crippen molar-refractivity contribution in [3.05, 3.63) is 30.6 Å². The number of piperidine rings is 2. The lowest BCUT2D eigenvalue weighted by Gasteiger charge is -2.63. The number of rotatable bonds is 4. The van der Waals surface area contributed by atoms with Crippen molar-refractivity contribution in [2.45, 2.75) is 44.4 Å². The molecule has 4 atom stereocenters. The second-order valence-corrected chi connectivity index (χ2v) is 10.4. The zero-order valence-electron chi connectivity index (χ0n) is 18.1. The summed E-state index contributed by atoms with van der Waals surface area (Å²) in [6, 6.07) is 5.18. The highest BCUT2D eigenvalue weighted by molar-refractivity contribution is 7.18. The summed E-state index contributed by atoms with van der Waals surface area (Å²) in [5, 5.41) is 27.3. The molecule has 6 rings (SSSR count). The highest BCUT2D eigenvalue weighted by Crippen LogP contribution is 2.53. The highest BCUT2D eigenvalue weighted by atomic mass is 32.1. The largest absolute Gasteiger partial charge is 0.507 e. The zero-order valence-corrected chi connectivity index (χ0v) is 18.9. The van der Waals surface area contributed by atoms with E-state index in [2.05, 4.69) is 32.2 Å². The smallest absolute Gasteiger partial charge is 0.208 e. The third-order valence-electron chi connectivity index (χ3n) is 7.45. The van der Waals surface area contributed by atoms with Crippen LogP contribution in [-0.2, 0) is 0 Å². The summed E-state index contributed by atoms with van der Waals surface area (Å²) in [4.78, 5) is 4.14. The van der Waals surface area contributed by atoms with Gasteiger partial charge in [-0.15, -0.1) is 10.2 Å². The van der Waals surface area contributed by atoms with Gasteiger partial charge in [-0.1, -0.05) is 24.3 Å². The van der Waals surface area contributed by atoms with Crippen molar-refractivity contribution in [2.75, 3.05) is 25.5 Å². The number of aromatic hydroxyl groups is 1. The number of nitrogens with zero attached hydrogens (tertiary/aromatic N) is 5. The van der Waals surface area contributed by atoms with Crippen LogP contribution in [0.25, 0.3) is 21.7 Å². The standard InChI is InChI=1S/C22H27FN6OS/c1-21-7-8-22(2,28(3)12-21)17(23)18(21)29(4)20-27-26-19(31-20)15-6-5-13(9-16(15)30)14-10-24-25-11-14/h5-6,9-11,17-18,30H,7-8,12H2,1-4H3,(H,24,25)/t17?,18-,21+,22+/m0/s1. The minimum absolute atomic E-state index is 0.130. The molecule has 1 saturated carbocycles. The van der Waals surface area contributed by atoms with E-state index in [4.69, 9.17) is 0 Å². The number of phenolic OH excluding ortho intramolecular Hbond substituents is 1. The second-order valence-electron chi connectivity index (χ2n) is 9.43. The van der Waals surface area contributed by atoms with Crippen LogP contribution in [0.5, 0.6) is 5.75 Å². The van der Waals surface area contributed by atoms with E-state index >= 15 is 4.39 Å². The molecule has 0 spiro atoms. The van der Waals surface area contributed by atoms with Crippen LogP contribution < -0.4 is 4.90 Å². The van der Waals surface area contributed by atoms with Gasteiger partial charge in [-0.2, -0.15) is 5.10 Å². The van der Waals surface area contributed by atoms with E-state index in [0.29, 0.717) is 15.7 Å². The Morgan fingerprint density at radius 1 is 1.26 bits per heavy atom. The van der Waals surface area contributed by atoms with Crippen LogP contribution in [0.15, 0.2) is 30.6 Å². The molecule has 2 N–H and O–H groups in total. The van der Waals surface area contributed by atoms with E-state index in [1.807, 2.05) is 38.1 Å². The third kappa shape index (κ3) is 3.05. The van der Waals surface area contributed by atoms with Crippen LogP contribution in [0, 0.1) is 5.41 Å². The minimum atomic E-state index is -0.981. The predicted molar refractivity (Wildman–Crippen MR) is 120 cm³/mol. The Morgan fingerprint density at radius 3 is 2.74 bits per heavy atom. The van der Waals surface area contributed by atoms with Gasteiger partial charge in [-0.3, -0.25) is 10.00 Å². The fraction of sp³-hybridized carbons (Fsp3) is 0.500. The van der Waals surface area contributed by atoms with Crippen LogP contribution >= 0.6 is 11.3 Å². The maximum Gasteiger partial charge on any atom is 0.208 e. The Balaban J connectivity index is 1.43. The molecule has 1 unspecified atom stereocenters. The van der Waals surface area contributed by atoms with Gasteiger partial charge in [-0.05, 0) is 44.5 Å². The first-order valence-corrected chi connectivity index (χ1v) is 11.3. The topological polar surface area (TPSA) is 81.2 Å². The van der Waals surface area contributed by atoms with Crippen molar-refractivity contribution in [1.82, 2.24) is 25.3 Å². The molecule has 2 aromatic heterocycles. The number of alkyl halides is 1. The monoisotopic (exact) mass is 442 g/mol. The quantitative estimate of drug-likeness (QED) is 0.637. The predicted octanol–water partition coefficient (Wildman–Crippen LogP) is 3.95. The molecule has 7 nitrogen and oxygen atoms in total. The summed E-state index contributed by atoms with van der Waals surface area (Å²) in [7, 11) is 3.94. The van der Waals surface area contributed by atoms with Gasteiger partial charge in [0.15, 0.2) is 5.01 Å². The van der Waals surface area contributed by atoms with Gasteiger partial charge in [0, 0.05) is 30.8 Å². The van der Waals surface area contributed by atoms with Crippen molar-refractivity contribution in [3.8, 4) is 27.4 Å². The number of anilines is 1. The Kier molecular flexibility index (Phi) is 4.60. The van der Waals surface area contributed by atoms with Crippen LogP contribution in [0.3, 0.4) is 0 Å². The molecular weight excluding hydrogens is 415 g/mol. The molecular formula is C22H27FN6OS. The molecule has 1 aliphatic carbocycles. The maximum atomic E-state index is 15.8. The van der Waals surface area contributed by atoms with E-state index in [-0.39, 0.29) is 17.2 Å². The van der Waals surface area contributed by atoms with E-state index in [0.717, 1.165) is 30.5 Å². The summed E-state index contributed by atoms with van der Waals surface area (Å²) in [6.07, 6.45) is 4.35. The molecule has 0 amide bonds. The SMILES string of the molecule is CN(c1nnc(-c2ccc(-c3cn[nH]c3)cc2O)s1)[C@H]1C(F)[C@@]2(C)CC[C@]1(C)CN2C. The summed E-state index contributed by atoms with van der Waals surface area (Å²) in [6.45, 7) is 5.07. The van der Waals surface area contributed by atoms with Crippen LogP contribution in [-0.4, -0.2) is 68.8 Å². The fourth-order valence-corrected chi connectivity index (χ4v) is 6.24. The lowest BCUT2D eigenvalue weighted by Crippen LogP contribution is -2.74. The molecule has 3 aliphatic rings. The first-order chi connectivity index (χ1) is 14.7. The van der Waals surface area contributed by atoms with Crippen LogP contribution in [0.1, 0.15) is 26.7 Å². The molecule has 9 heteroatoms. The number of hydrogen-bond donors (Lipinski definition) is 2. The average Bonchev–Trinajstić information content (AvgIpc) is 3.42. The number of phenols is 1. The highest BCUT2D eigenvalue weighted by Gasteiger charge is 2.61. The molecule has 2 saturated heterocycles. The molecule has 2 bridgehead atoms. The number of H-pyrrole nitrogens is 1. The van der Waals surface area contributed by atoms with Gasteiger partial charge >= 0.3 is 0 Å². The summed E-state index contributed by atoms with van der Waals surface area (Å²) in [5.74, 6) is 0.130. The minimum Gasteiger partial charge on any atom is -0.507 e. The molecule has 1 aromatic carbocycles. The fourth-order valence-electron chi connectivity index (χ4n) is 5.36. The van der Waals surface area contributed by atoms with Gasteiger partial charge in [0.1, 0.15) is 11.9 Å². The number of aromatic amines is 1. The summed E-state index contributed by atoms with van der Waals surface area (Å²) in [5.41, 5.74) is 1.77. The molecule has 0 radical (unpaired) electrons. The Morgan fingerprint density at radius 2 is 2.06 bits per heavy atom. The van der Waals surface area contributed by atoms with E-state index in [9.17, 15) is 5.11 Å². The number of halogens is 1. The van der Waals surface area contributed by atoms with Gasteiger partial charge in [0.05, 0.1) is 23.3 Å². The lowest BCUT2D eigenvalue weighted by atomic mass is 9.59. The van der Waals surface area contributed by atoms with Gasteiger partial charge in [-0.25, -0.2) is 4.39 Å². The first kappa shape index (κ1) is 20.4. The maximum absolute atomic E-state index is 15.8. The molecule has 3 fully saturated rings. The van der Waals surface area contributed by atoms with Crippen molar-refractivity contribution >= 4 is 16.5 Å². The molecule has 3 aromatic rings. The van der Waals surface area contributed by atoms with Crippen LogP contribution in [0.2, 0.25) is 0 Å². The van der Waals surface area contributed by atoms with Crippen molar-refractivity contribution < 1.29 is 9.50 Å². The Hall–Kier alpha value is -2.52. The van der Waals surface area contributed by atoms with Gasteiger partial charge in [0.2, 0.25) is 5.13 Å². The van der Waals surface area contributed by atoms with Crippen molar-refractivity contribution in [2.24, 2.45) is 5.41 Å². The number of aromatic nitrogens is 4. The number of fused-ring (bicyclic) bond motifs is 3. The van der Waals surface area contributed by atoms with Crippen molar-refractivity contribution in [1.29, 1.82) is 0 Å². The second kappa shape index (κ2) is 7.00. The normalized spacial score (nSPS) is 30.6. The summed E-state index contributed by atoms with van der Waals surface area (Å²) >= 11 is 1.38. The Labute approximate surface area is 184 Å². The number of nitrogens with one attached hydrogen (secondary N) is 1. The average molecular weight is 443 g/mol. The van der Waals surface area contributed by atoms with E-state index in [1.165, 1.54) is 11.3 Å². The molecule has 31 heavy (non-hydrogen) atoms. The molecule has 2 aliphatic heterocycles. The van der Waals surface area contributed by atoms with Gasteiger partial charge < -0.3 is 10.0 Å². The number of benzene rings is 1. The van der Waals surface area contributed by atoms with Crippen LogP contribution in [0.4, 0.5) is 9.52 Å². The summed E-state index contributed by atoms with van der Waals surface area (Å²) < 4.78 is 15.8. The lowest BCUT2D eigenvalue weighted by molar-refractivity contribution is -0.123. The number of hydrogen-bond acceptors (Lipinski definition) is 7. The van der Waals surface area contributed by atoms with Crippen molar-refractivity contribution in [3.63, 3.8) is 0 Å². The van der Waals surface area contributed by atoms with E-state index in [1.54, 1.807) is 18.5 Å². The van der Waals surface area contributed by atoms with Gasteiger partial charge in [0.25, 0.3) is 0 Å². The zero-order chi connectivity index (χ0) is 22.0. The van der Waals surface area contributed by atoms with E-state index < -0.39 is 11.7 Å².